The van der Waals surface area contributed by atoms with E-state index in [0.717, 1.165) is 28.7 Å². The van der Waals surface area contributed by atoms with Gasteiger partial charge in [-0.1, -0.05) is 44.4 Å². The Labute approximate surface area is 172 Å². The standard InChI is InChI=1S/C23H30N4O2/c1-2-20(26-18-9-4-3-5-10-18)17(14-28)13-24-22-19(23-25-15-29-23)12-16-8-6-7-11-21(16)27-22/h6-8,11-12,15,17-18,20,26,28H,2-5,9-10,13-14H2,1H3/p+1. The molecule has 6 nitrogen and oxygen atoms in total. The topological polar surface area (TPSA) is 80.5 Å². The Kier molecular flexibility index (Phi) is 6.45. The summed E-state index contributed by atoms with van der Waals surface area (Å²) in [6, 6.07) is 10.9. The number of hydrogen-bond acceptors (Lipinski definition) is 5. The molecule has 154 valence electrons. The number of fused-ring (bicyclic) bond motifs is 1. The molecule has 1 saturated carbocycles. The van der Waals surface area contributed by atoms with Gasteiger partial charge in [0.25, 0.3) is 0 Å². The van der Waals surface area contributed by atoms with E-state index in [9.17, 15) is 5.11 Å². The normalized spacial score (nSPS) is 18.6. The van der Waals surface area contributed by atoms with Crippen LogP contribution in [0.5, 0.6) is 0 Å². The van der Waals surface area contributed by atoms with E-state index in [1.807, 2.05) is 24.3 Å². The number of pyridine rings is 1. The zero-order chi connectivity index (χ0) is 20.1. The summed E-state index contributed by atoms with van der Waals surface area (Å²) in [7, 11) is 0. The Morgan fingerprint density at radius 2 is 2.03 bits per heavy atom. The van der Waals surface area contributed by atoms with Crippen molar-refractivity contribution in [2.75, 3.05) is 18.5 Å². The van der Waals surface area contributed by atoms with Crippen LogP contribution in [0.2, 0.25) is 0 Å². The van der Waals surface area contributed by atoms with Crippen LogP contribution in [0.25, 0.3) is 10.9 Å². The summed E-state index contributed by atoms with van der Waals surface area (Å²) >= 11 is 0. The molecule has 29 heavy (non-hydrogen) atoms. The highest BCUT2D eigenvalue weighted by molar-refractivity contribution is 6.07. The van der Waals surface area contributed by atoms with E-state index in [1.54, 1.807) is 0 Å². The average Bonchev–Trinajstić information content (AvgIpc) is 2.72. The van der Waals surface area contributed by atoms with E-state index in [-0.39, 0.29) is 18.6 Å². The number of nitrogens with zero attached hydrogens (tertiary/aromatic N) is 2. The minimum atomic E-state index is 0.110. The lowest BCUT2D eigenvalue weighted by Gasteiger charge is -2.32. The van der Waals surface area contributed by atoms with Crippen LogP contribution in [0.15, 0.2) is 30.3 Å². The minimum Gasteiger partial charge on any atom is -0.396 e. The second-order valence-corrected chi connectivity index (χ2v) is 8.07. The highest BCUT2D eigenvalue weighted by Gasteiger charge is 2.29. The summed E-state index contributed by atoms with van der Waals surface area (Å²) in [6.07, 6.45) is 8.87. The van der Waals surface area contributed by atoms with Gasteiger partial charge in [0.05, 0.1) is 5.52 Å². The molecule has 2 aliphatic rings. The van der Waals surface area contributed by atoms with E-state index in [0.29, 0.717) is 18.5 Å². The molecular weight excluding hydrogens is 364 g/mol. The predicted octanol–water partition coefficient (Wildman–Crippen LogP) is 2.83. The predicted molar refractivity (Wildman–Crippen MR) is 118 cm³/mol. The summed E-state index contributed by atoms with van der Waals surface area (Å²) in [5.74, 6) is 1.44. The molecule has 2 unspecified atom stereocenters. The molecule has 0 bridgehead atoms. The van der Waals surface area contributed by atoms with Crippen molar-refractivity contribution in [1.82, 2.24) is 15.0 Å². The second-order valence-electron chi connectivity index (χ2n) is 8.07. The lowest BCUT2D eigenvalue weighted by atomic mass is 9.91. The monoisotopic (exact) mass is 395 g/mol. The lowest BCUT2D eigenvalue weighted by Crippen LogP contribution is -2.46. The first-order chi connectivity index (χ1) is 14.3. The molecule has 0 spiro atoms. The van der Waals surface area contributed by atoms with E-state index >= 15 is 0 Å². The third-order valence-corrected chi connectivity index (χ3v) is 6.12. The quantitative estimate of drug-likeness (QED) is 0.569. The fourth-order valence-electron chi connectivity index (χ4n) is 4.37. The van der Waals surface area contributed by atoms with Gasteiger partial charge in [0, 0.05) is 36.5 Å². The Morgan fingerprint density at radius 1 is 1.24 bits per heavy atom. The third-order valence-electron chi connectivity index (χ3n) is 6.12. The smallest absolute Gasteiger partial charge is 0.396 e. The maximum Gasteiger partial charge on any atom is 0.512 e. The Hall–Kier alpha value is -2.40. The van der Waals surface area contributed by atoms with Crippen LogP contribution < -0.4 is 15.3 Å². The van der Waals surface area contributed by atoms with Crippen LogP contribution in [-0.4, -0.2) is 47.6 Å². The van der Waals surface area contributed by atoms with E-state index in [2.05, 4.69) is 28.3 Å². The molecule has 0 radical (unpaired) electrons. The van der Waals surface area contributed by atoms with Crippen LogP contribution in [0, 0.1) is 5.92 Å². The maximum absolute atomic E-state index is 10.1. The van der Waals surface area contributed by atoms with Crippen molar-refractivity contribution >= 4 is 29.0 Å². The molecule has 2 heterocycles. The molecule has 0 saturated heterocycles. The summed E-state index contributed by atoms with van der Waals surface area (Å²) in [6.45, 7) is 2.97. The van der Waals surface area contributed by atoms with Gasteiger partial charge in [0.2, 0.25) is 0 Å². The molecule has 2 atom stereocenters. The van der Waals surface area contributed by atoms with Crippen molar-refractivity contribution in [1.29, 1.82) is 0 Å². The first-order valence-corrected chi connectivity index (χ1v) is 10.9. The zero-order valence-electron chi connectivity index (χ0n) is 17.1. The van der Waals surface area contributed by atoms with Crippen molar-refractivity contribution in [3.05, 3.63) is 35.9 Å². The van der Waals surface area contributed by atoms with E-state index in [1.165, 1.54) is 38.5 Å². The van der Waals surface area contributed by atoms with Crippen LogP contribution in [0.4, 0.5) is 5.82 Å². The number of aromatic nitrogens is 1. The van der Waals surface area contributed by atoms with Gasteiger partial charge in [-0.2, -0.15) is 0 Å². The van der Waals surface area contributed by atoms with Crippen LogP contribution >= 0.6 is 0 Å². The molecule has 4 rings (SSSR count). The number of anilines is 1. The van der Waals surface area contributed by atoms with Crippen molar-refractivity contribution in [3.63, 3.8) is 0 Å². The van der Waals surface area contributed by atoms with Crippen LogP contribution in [-0.2, 0) is 4.74 Å². The molecule has 1 aromatic carbocycles. The number of nitrogens with one attached hydrogen (secondary N) is 2. The highest BCUT2D eigenvalue weighted by Crippen LogP contribution is 2.23. The number of aliphatic hydroxyl groups is 1. The van der Waals surface area contributed by atoms with Gasteiger partial charge in [0.1, 0.15) is 11.4 Å². The molecule has 0 amide bonds. The van der Waals surface area contributed by atoms with Gasteiger partial charge in [0.15, 0.2) is 0 Å². The molecule has 1 aliphatic heterocycles. The number of rotatable bonds is 9. The SMILES string of the molecule is CCC(NC1CCCCC1)C(CO)CNc1nc2ccccc2cc1C1=[N+]=CO1. The number of aliphatic hydroxyl groups excluding tert-OH is 1. The maximum atomic E-state index is 10.1. The Bertz CT molecular complexity index is 901. The molecule has 1 aromatic heterocycles. The molecular formula is C23H31N4O2+. The van der Waals surface area contributed by atoms with Crippen LogP contribution in [0.3, 0.4) is 0 Å². The largest absolute Gasteiger partial charge is 0.512 e. The van der Waals surface area contributed by atoms with Gasteiger partial charge < -0.3 is 20.5 Å². The summed E-state index contributed by atoms with van der Waals surface area (Å²) in [5.41, 5.74) is 1.78. The van der Waals surface area contributed by atoms with Gasteiger partial charge in [-0.25, -0.2) is 4.98 Å². The molecule has 1 fully saturated rings. The number of ether oxygens (including phenoxy) is 1. The lowest BCUT2D eigenvalue weighted by molar-refractivity contribution is 0.180. The van der Waals surface area contributed by atoms with Crippen molar-refractivity contribution < 1.29 is 9.84 Å². The first kappa shape index (κ1) is 19.9. The van der Waals surface area contributed by atoms with Gasteiger partial charge in [-0.05, 0) is 36.1 Å². The van der Waals surface area contributed by atoms with Gasteiger partial charge in [-0.15, -0.1) is 0 Å². The molecule has 1 aliphatic carbocycles. The number of hydrogen-bond donors (Lipinski definition) is 3. The number of benzene rings is 1. The van der Waals surface area contributed by atoms with Crippen molar-refractivity contribution in [2.24, 2.45) is 5.92 Å². The second kappa shape index (κ2) is 9.40. The molecule has 3 N–H and O–H groups in total. The van der Waals surface area contributed by atoms with Crippen molar-refractivity contribution in [3.8, 4) is 0 Å². The van der Waals surface area contributed by atoms with E-state index in [4.69, 9.17) is 9.72 Å². The fourth-order valence-corrected chi connectivity index (χ4v) is 4.37. The zero-order valence-corrected chi connectivity index (χ0v) is 17.1. The van der Waals surface area contributed by atoms with Crippen molar-refractivity contribution in [2.45, 2.75) is 57.5 Å². The van der Waals surface area contributed by atoms with E-state index < -0.39 is 0 Å². The Morgan fingerprint density at radius 3 is 2.72 bits per heavy atom. The highest BCUT2D eigenvalue weighted by atomic mass is 16.5. The first-order valence-electron chi connectivity index (χ1n) is 10.9. The average molecular weight is 396 g/mol. The summed E-state index contributed by atoms with van der Waals surface area (Å²) in [4.78, 5) is 4.80. The molecule has 2 aromatic rings. The molecule has 6 heteroatoms. The fraction of sp³-hybridized carbons (Fsp3) is 0.522. The Balaban J connectivity index is 1.50. The summed E-state index contributed by atoms with van der Waals surface area (Å²) in [5, 5.41) is 18.4. The summed E-state index contributed by atoms with van der Waals surface area (Å²) < 4.78 is 9.60. The number of para-hydroxylation sites is 1. The third kappa shape index (κ3) is 4.61. The van der Waals surface area contributed by atoms with Gasteiger partial charge >= 0.3 is 12.3 Å². The minimum absolute atomic E-state index is 0.110. The van der Waals surface area contributed by atoms with Crippen LogP contribution in [0.1, 0.15) is 51.0 Å². The van der Waals surface area contributed by atoms with Gasteiger partial charge in [-0.3, -0.25) is 0 Å².